The highest BCUT2D eigenvalue weighted by molar-refractivity contribution is 5.92. The summed E-state index contributed by atoms with van der Waals surface area (Å²) in [6, 6.07) is 2.26. The maximum absolute atomic E-state index is 12.5. The van der Waals surface area contributed by atoms with Gasteiger partial charge in [0.05, 0.1) is 0 Å². The molecule has 0 aliphatic rings. The van der Waals surface area contributed by atoms with Crippen molar-refractivity contribution >= 4 is 5.78 Å². The molecule has 1 rings (SSSR count). The molecule has 1 heterocycles. The number of hydrogen-bond acceptors (Lipinski definition) is 3. The van der Waals surface area contributed by atoms with E-state index < -0.39 is 12.3 Å². The summed E-state index contributed by atoms with van der Waals surface area (Å²) in [4.78, 5) is 14.6. The third-order valence-electron chi connectivity index (χ3n) is 1.98. The van der Waals surface area contributed by atoms with E-state index in [9.17, 15) is 18.0 Å². The Morgan fingerprint density at radius 3 is 2.56 bits per heavy atom. The van der Waals surface area contributed by atoms with Gasteiger partial charge in [-0.25, -0.2) is 0 Å². The second-order valence-corrected chi connectivity index (χ2v) is 3.19. The van der Waals surface area contributed by atoms with Crippen LogP contribution in [0.5, 0.6) is 0 Å². The minimum atomic E-state index is -4.51. The maximum Gasteiger partial charge on any atom is 0.418 e. The number of rotatable bonds is 3. The van der Waals surface area contributed by atoms with Crippen molar-refractivity contribution in [2.45, 2.75) is 19.2 Å². The molecule has 0 amide bonds. The summed E-state index contributed by atoms with van der Waals surface area (Å²) in [7, 11) is 0.964. The van der Waals surface area contributed by atoms with Gasteiger partial charge >= 0.3 is 6.18 Å². The average molecular weight is 233 g/mol. The van der Waals surface area contributed by atoms with Crippen LogP contribution in [0.2, 0.25) is 0 Å². The van der Waals surface area contributed by atoms with Crippen LogP contribution < -0.4 is 0 Å². The number of pyridine rings is 1. The average Bonchev–Trinajstić information content (AvgIpc) is 2.17. The number of hydrogen-bond donors (Lipinski definition) is 0. The van der Waals surface area contributed by atoms with E-state index in [1.807, 2.05) is 0 Å². The molecule has 16 heavy (non-hydrogen) atoms. The van der Waals surface area contributed by atoms with Crippen molar-refractivity contribution in [3.63, 3.8) is 0 Å². The van der Waals surface area contributed by atoms with Crippen molar-refractivity contribution < 1.29 is 22.7 Å². The Bertz CT molecular complexity index is 390. The summed E-state index contributed by atoms with van der Waals surface area (Å²) < 4.78 is 41.9. The van der Waals surface area contributed by atoms with Crippen LogP contribution in [0, 0.1) is 0 Å². The zero-order valence-corrected chi connectivity index (χ0v) is 8.71. The van der Waals surface area contributed by atoms with Crippen LogP contribution >= 0.6 is 0 Å². The number of ketones is 1. The quantitative estimate of drug-likeness (QED) is 0.753. The Balaban J connectivity index is 3.11. The largest absolute Gasteiger partial charge is 0.418 e. The van der Waals surface area contributed by atoms with E-state index in [0.29, 0.717) is 0 Å². The Labute approximate surface area is 90.2 Å². The highest BCUT2D eigenvalue weighted by atomic mass is 19.4. The first-order valence-corrected chi connectivity index (χ1v) is 4.42. The SMILES string of the molecule is COC(c1ccnc(C(C)=O)c1)C(F)(F)F. The van der Waals surface area contributed by atoms with E-state index >= 15 is 0 Å². The van der Waals surface area contributed by atoms with Crippen molar-refractivity contribution in [2.24, 2.45) is 0 Å². The lowest BCUT2D eigenvalue weighted by Gasteiger charge is -2.19. The summed E-state index contributed by atoms with van der Waals surface area (Å²) in [5.41, 5.74) is -0.140. The molecule has 0 aliphatic carbocycles. The predicted octanol–water partition coefficient (Wildman–Crippen LogP) is 2.53. The number of carbonyl (C=O) groups is 1. The van der Waals surface area contributed by atoms with Gasteiger partial charge in [-0.05, 0) is 17.7 Å². The monoisotopic (exact) mass is 233 g/mol. The van der Waals surface area contributed by atoms with Gasteiger partial charge in [0.1, 0.15) is 5.69 Å². The number of halogens is 3. The molecule has 0 spiro atoms. The van der Waals surface area contributed by atoms with Crippen molar-refractivity contribution in [3.8, 4) is 0 Å². The molecule has 6 heteroatoms. The third kappa shape index (κ3) is 2.79. The number of Topliss-reactive ketones (excluding diaryl/α,β-unsaturated/α-hetero) is 1. The Morgan fingerprint density at radius 2 is 2.12 bits per heavy atom. The second-order valence-electron chi connectivity index (χ2n) is 3.19. The van der Waals surface area contributed by atoms with Crippen molar-refractivity contribution in [1.29, 1.82) is 0 Å². The third-order valence-corrected chi connectivity index (χ3v) is 1.98. The van der Waals surface area contributed by atoms with Crippen LogP contribution in [-0.4, -0.2) is 24.1 Å². The molecule has 0 fully saturated rings. The molecule has 0 aliphatic heterocycles. The number of nitrogens with zero attached hydrogens (tertiary/aromatic N) is 1. The van der Waals surface area contributed by atoms with E-state index in [1.54, 1.807) is 0 Å². The van der Waals surface area contributed by atoms with Gasteiger partial charge < -0.3 is 4.74 Å². The van der Waals surface area contributed by atoms with E-state index in [1.165, 1.54) is 13.0 Å². The van der Waals surface area contributed by atoms with Gasteiger partial charge in [0, 0.05) is 20.2 Å². The summed E-state index contributed by atoms with van der Waals surface area (Å²) in [6.45, 7) is 1.24. The second kappa shape index (κ2) is 4.61. The summed E-state index contributed by atoms with van der Waals surface area (Å²) in [5.74, 6) is -0.390. The number of methoxy groups -OCH3 is 1. The van der Waals surface area contributed by atoms with Gasteiger partial charge in [0.15, 0.2) is 11.9 Å². The molecular weight excluding hydrogens is 223 g/mol. The van der Waals surface area contributed by atoms with E-state index in [2.05, 4.69) is 9.72 Å². The Kier molecular flexibility index (Phi) is 3.64. The lowest BCUT2D eigenvalue weighted by molar-refractivity contribution is -0.216. The summed E-state index contributed by atoms with van der Waals surface area (Å²) in [6.07, 6.45) is -5.39. The molecular formula is C10H10F3NO2. The maximum atomic E-state index is 12.5. The number of ether oxygens (including phenoxy) is 1. The van der Waals surface area contributed by atoms with Crippen LogP contribution in [0.3, 0.4) is 0 Å². The molecule has 0 aromatic carbocycles. The first kappa shape index (κ1) is 12.6. The molecule has 1 atom stereocenters. The van der Waals surface area contributed by atoms with Crippen LogP contribution in [0.4, 0.5) is 13.2 Å². The molecule has 1 aromatic rings. The smallest absolute Gasteiger partial charge is 0.367 e. The minimum Gasteiger partial charge on any atom is -0.367 e. The van der Waals surface area contributed by atoms with E-state index in [-0.39, 0.29) is 17.0 Å². The molecule has 0 radical (unpaired) electrons. The molecule has 0 N–H and O–H groups in total. The number of alkyl halides is 3. The molecule has 0 saturated carbocycles. The van der Waals surface area contributed by atoms with Gasteiger partial charge in [0.25, 0.3) is 0 Å². The molecule has 88 valence electrons. The van der Waals surface area contributed by atoms with Crippen LogP contribution in [0.1, 0.15) is 29.1 Å². The summed E-state index contributed by atoms with van der Waals surface area (Å²) in [5, 5.41) is 0. The topological polar surface area (TPSA) is 39.2 Å². The zero-order chi connectivity index (χ0) is 12.3. The highest BCUT2D eigenvalue weighted by Crippen LogP contribution is 2.35. The predicted molar refractivity (Wildman–Crippen MR) is 50.0 cm³/mol. The van der Waals surface area contributed by atoms with Gasteiger partial charge in [0.2, 0.25) is 0 Å². The molecule has 0 bridgehead atoms. The fourth-order valence-electron chi connectivity index (χ4n) is 1.26. The normalized spacial score (nSPS) is 13.6. The summed E-state index contributed by atoms with van der Waals surface area (Å²) >= 11 is 0. The molecule has 0 saturated heterocycles. The van der Waals surface area contributed by atoms with E-state index in [0.717, 1.165) is 19.4 Å². The number of aromatic nitrogens is 1. The lowest BCUT2D eigenvalue weighted by atomic mass is 10.1. The first-order valence-electron chi connectivity index (χ1n) is 4.42. The first-order chi connectivity index (χ1) is 7.36. The van der Waals surface area contributed by atoms with Gasteiger partial charge in [-0.15, -0.1) is 0 Å². The van der Waals surface area contributed by atoms with Crippen molar-refractivity contribution in [1.82, 2.24) is 4.98 Å². The lowest BCUT2D eigenvalue weighted by Crippen LogP contribution is -2.22. The van der Waals surface area contributed by atoms with E-state index in [4.69, 9.17) is 0 Å². The molecule has 1 unspecified atom stereocenters. The standard InChI is InChI=1S/C10H10F3NO2/c1-6(15)8-5-7(3-4-14-8)9(16-2)10(11,12)13/h3-5,9H,1-2H3. The van der Waals surface area contributed by atoms with Crippen LogP contribution in [0.25, 0.3) is 0 Å². The molecule has 1 aromatic heterocycles. The van der Waals surface area contributed by atoms with Crippen molar-refractivity contribution in [2.75, 3.05) is 7.11 Å². The molecule has 3 nitrogen and oxygen atoms in total. The van der Waals surface area contributed by atoms with Gasteiger partial charge in [-0.1, -0.05) is 0 Å². The van der Waals surface area contributed by atoms with Gasteiger partial charge in [-0.3, -0.25) is 9.78 Å². The van der Waals surface area contributed by atoms with Crippen molar-refractivity contribution in [3.05, 3.63) is 29.6 Å². The Morgan fingerprint density at radius 1 is 1.50 bits per heavy atom. The van der Waals surface area contributed by atoms with Crippen LogP contribution in [0.15, 0.2) is 18.3 Å². The Hall–Kier alpha value is -1.43. The van der Waals surface area contributed by atoms with Gasteiger partial charge in [-0.2, -0.15) is 13.2 Å². The van der Waals surface area contributed by atoms with Crippen LogP contribution in [-0.2, 0) is 4.74 Å². The number of carbonyl (C=O) groups excluding carboxylic acids is 1. The fourth-order valence-corrected chi connectivity index (χ4v) is 1.26. The minimum absolute atomic E-state index is 0.0104. The fraction of sp³-hybridized carbons (Fsp3) is 0.400. The zero-order valence-electron chi connectivity index (χ0n) is 8.71. The highest BCUT2D eigenvalue weighted by Gasteiger charge is 2.41.